The van der Waals surface area contributed by atoms with Gasteiger partial charge in [0.25, 0.3) is 5.91 Å². The van der Waals surface area contributed by atoms with E-state index in [0.717, 1.165) is 48.3 Å². The summed E-state index contributed by atoms with van der Waals surface area (Å²) >= 11 is 1.68. The van der Waals surface area contributed by atoms with Crippen molar-refractivity contribution in [3.8, 4) is 0 Å². The molecule has 2 heterocycles. The second-order valence-corrected chi connectivity index (χ2v) is 9.76. The van der Waals surface area contributed by atoms with Crippen LogP contribution in [-0.4, -0.2) is 39.9 Å². The zero-order chi connectivity index (χ0) is 20.8. The molecule has 2 aliphatic rings. The van der Waals surface area contributed by atoms with Crippen LogP contribution in [0.4, 0.5) is 0 Å². The van der Waals surface area contributed by atoms with Crippen LogP contribution in [0.5, 0.6) is 0 Å². The number of carbonyl (C=O) groups is 1. The van der Waals surface area contributed by atoms with Crippen LogP contribution in [0.3, 0.4) is 0 Å². The van der Waals surface area contributed by atoms with Crippen LogP contribution in [-0.2, 0) is 0 Å². The smallest absolute Gasteiger partial charge is 0.253 e. The standard InChI is InChI=1S/C24H28N4OS/c1-14-26-22(19-10-11-30-23(19)27-14)21-13-20(21)15-6-8-16(9-7-15)24(29)28(2)18-5-3-4-17(25)12-18/h6-11,17-18,20-21H,3-5,12-13,25H2,1-2H3/t17-,18-,20?,21?/m1/s1. The molecule has 2 fully saturated rings. The molecule has 0 saturated heterocycles. The Hall–Kier alpha value is -2.31. The molecule has 2 unspecified atom stereocenters. The first-order valence-corrected chi connectivity index (χ1v) is 11.7. The van der Waals surface area contributed by atoms with Crippen LogP contribution in [0.2, 0.25) is 0 Å². The van der Waals surface area contributed by atoms with Crippen molar-refractivity contribution >= 4 is 27.5 Å². The Morgan fingerprint density at radius 1 is 1.10 bits per heavy atom. The molecule has 2 aromatic heterocycles. The van der Waals surface area contributed by atoms with E-state index in [0.29, 0.717) is 11.8 Å². The molecule has 1 amide bonds. The molecule has 2 aliphatic carbocycles. The molecule has 0 radical (unpaired) electrons. The highest BCUT2D eigenvalue weighted by Gasteiger charge is 2.42. The third-order valence-corrected chi connectivity index (χ3v) is 7.56. The van der Waals surface area contributed by atoms with E-state index in [2.05, 4.69) is 28.6 Å². The van der Waals surface area contributed by atoms with Crippen LogP contribution in [0.25, 0.3) is 10.2 Å². The first kappa shape index (κ1) is 19.6. The Balaban J connectivity index is 1.30. The van der Waals surface area contributed by atoms with E-state index in [1.165, 1.54) is 16.6 Å². The Morgan fingerprint density at radius 2 is 1.90 bits per heavy atom. The summed E-state index contributed by atoms with van der Waals surface area (Å²) < 4.78 is 0. The maximum atomic E-state index is 13.0. The number of nitrogens with zero attached hydrogens (tertiary/aromatic N) is 3. The first-order valence-electron chi connectivity index (χ1n) is 10.9. The lowest BCUT2D eigenvalue weighted by Gasteiger charge is -2.34. The van der Waals surface area contributed by atoms with Crippen molar-refractivity contribution in [1.82, 2.24) is 14.9 Å². The first-order chi connectivity index (χ1) is 14.5. The molecule has 2 N–H and O–H groups in total. The van der Waals surface area contributed by atoms with E-state index in [9.17, 15) is 4.79 Å². The van der Waals surface area contributed by atoms with Gasteiger partial charge >= 0.3 is 0 Å². The van der Waals surface area contributed by atoms with Gasteiger partial charge in [0, 0.05) is 36.0 Å². The van der Waals surface area contributed by atoms with Gasteiger partial charge in [0.1, 0.15) is 10.7 Å². The molecule has 156 valence electrons. The lowest BCUT2D eigenvalue weighted by atomic mass is 9.90. The summed E-state index contributed by atoms with van der Waals surface area (Å²) in [7, 11) is 1.92. The maximum Gasteiger partial charge on any atom is 0.253 e. The number of aromatic nitrogens is 2. The van der Waals surface area contributed by atoms with E-state index in [1.54, 1.807) is 11.3 Å². The average molecular weight is 421 g/mol. The summed E-state index contributed by atoms with van der Waals surface area (Å²) in [4.78, 5) is 25.2. The summed E-state index contributed by atoms with van der Waals surface area (Å²) in [5.74, 6) is 1.86. The van der Waals surface area contributed by atoms with Gasteiger partial charge < -0.3 is 10.6 Å². The van der Waals surface area contributed by atoms with Crippen molar-refractivity contribution in [3.05, 3.63) is 58.4 Å². The quantitative estimate of drug-likeness (QED) is 0.669. The molecule has 30 heavy (non-hydrogen) atoms. The zero-order valence-electron chi connectivity index (χ0n) is 17.5. The van der Waals surface area contributed by atoms with Crippen LogP contribution in [0.15, 0.2) is 35.7 Å². The number of thiophene rings is 1. The minimum absolute atomic E-state index is 0.0967. The summed E-state index contributed by atoms with van der Waals surface area (Å²) in [6.45, 7) is 1.97. The second kappa shape index (κ2) is 7.75. The number of benzene rings is 1. The minimum atomic E-state index is 0.0967. The molecule has 5 nitrogen and oxygen atoms in total. The predicted octanol–water partition coefficient (Wildman–Crippen LogP) is 4.61. The van der Waals surface area contributed by atoms with E-state index in [-0.39, 0.29) is 18.0 Å². The van der Waals surface area contributed by atoms with Gasteiger partial charge in [-0.15, -0.1) is 11.3 Å². The Bertz CT molecular complexity index is 1080. The summed E-state index contributed by atoms with van der Waals surface area (Å²) in [5.41, 5.74) is 9.34. The predicted molar refractivity (Wildman–Crippen MR) is 121 cm³/mol. The largest absolute Gasteiger partial charge is 0.339 e. The summed E-state index contributed by atoms with van der Waals surface area (Å²) in [6.07, 6.45) is 5.23. The minimum Gasteiger partial charge on any atom is -0.339 e. The van der Waals surface area contributed by atoms with E-state index < -0.39 is 0 Å². The van der Waals surface area contributed by atoms with E-state index >= 15 is 0 Å². The molecule has 1 aromatic carbocycles. The van der Waals surface area contributed by atoms with Crippen LogP contribution in [0.1, 0.15) is 71.4 Å². The van der Waals surface area contributed by atoms with Crippen LogP contribution >= 0.6 is 11.3 Å². The van der Waals surface area contributed by atoms with Crippen LogP contribution in [0, 0.1) is 6.92 Å². The van der Waals surface area contributed by atoms with Crippen molar-refractivity contribution in [3.63, 3.8) is 0 Å². The fourth-order valence-electron chi connectivity index (χ4n) is 4.93. The van der Waals surface area contributed by atoms with Crippen LogP contribution < -0.4 is 5.73 Å². The lowest BCUT2D eigenvalue weighted by Crippen LogP contribution is -2.43. The normalized spacial score (nSPS) is 26.0. The van der Waals surface area contributed by atoms with Gasteiger partial charge in [0.15, 0.2) is 0 Å². The van der Waals surface area contributed by atoms with Gasteiger partial charge in [-0.25, -0.2) is 9.97 Å². The maximum absolute atomic E-state index is 13.0. The van der Waals surface area contributed by atoms with Crippen molar-refractivity contribution in [2.45, 2.75) is 62.9 Å². The average Bonchev–Trinajstić information content (AvgIpc) is 3.41. The van der Waals surface area contributed by atoms with Gasteiger partial charge in [-0.1, -0.05) is 12.1 Å². The van der Waals surface area contributed by atoms with Crippen molar-refractivity contribution < 1.29 is 4.79 Å². The fourth-order valence-corrected chi connectivity index (χ4v) is 5.75. The highest BCUT2D eigenvalue weighted by Crippen LogP contribution is 2.55. The van der Waals surface area contributed by atoms with Gasteiger partial charge in [-0.3, -0.25) is 4.79 Å². The third kappa shape index (κ3) is 3.63. The zero-order valence-corrected chi connectivity index (χ0v) is 18.4. The number of aryl methyl sites for hydroxylation is 1. The number of hydrogen-bond acceptors (Lipinski definition) is 5. The van der Waals surface area contributed by atoms with Gasteiger partial charge in [0.2, 0.25) is 0 Å². The number of amides is 1. The number of carbonyl (C=O) groups excluding carboxylic acids is 1. The number of rotatable bonds is 4. The molecule has 6 heteroatoms. The number of nitrogens with two attached hydrogens (primary N) is 1. The summed E-state index contributed by atoms with van der Waals surface area (Å²) in [5, 5.41) is 3.28. The second-order valence-electron chi connectivity index (χ2n) is 8.86. The molecule has 0 bridgehead atoms. The fraction of sp³-hybridized carbons (Fsp3) is 0.458. The Labute approximate surface area is 181 Å². The highest BCUT2D eigenvalue weighted by molar-refractivity contribution is 7.16. The lowest BCUT2D eigenvalue weighted by molar-refractivity contribution is 0.0688. The molecular formula is C24H28N4OS. The van der Waals surface area contributed by atoms with Crippen molar-refractivity contribution in [1.29, 1.82) is 0 Å². The molecule has 0 aliphatic heterocycles. The molecular weight excluding hydrogens is 392 g/mol. The van der Waals surface area contributed by atoms with Crippen molar-refractivity contribution in [2.75, 3.05) is 7.05 Å². The topological polar surface area (TPSA) is 72.1 Å². The van der Waals surface area contributed by atoms with Crippen molar-refractivity contribution in [2.24, 2.45) is 5.73 Å². The summed E-state index contributed by atoms with van der Waals surface area (Å²) in [6, 6.07) is 10.8. The molecule has 3 aromatic rings. The van der Waals surface area contributed by atoms with Gasteiger partial charge in [0.05, 0.1) is 5.69 Å². The monoisotopic (exact) mass is 420 g/mol. The SMILES string of the molecule is Cc1nc(C2CC2c2ccc(C(=O)N(C)[C@@H]3CCC[C@@H](N)C3)cc2)c2ccsc2n1. The van der Waals surface area contributed by atoms with E-state index in [1.807, 2.05) is 31.0 Å². The Morgan fingerprint density at radius 3 is 2.67 bits per heavy atom. The van der Waals surface area contributed by atoms with Gasteiger partial charge in [-0.2, -0.15) is 0 Å². The molecule has 0 spiro atoms. The number of hydrogen-bond donors (Lipinski definition) is 1. The Kier molecular flexibility index (Phi) is 5.07. The number of fused-ring (bicyclic) bond motifs is 1. The molecule has 5 rings (SSSR count). The molecule has 2 saturated carbocycles. The highest BCUT2D eigenvalue weighted by atomic mass is 32.1. The third-order valence-electron chi connectivity index (χ3n) is 6.75. The van der Waals surface area contributed by atoms with E-state index in [4.69, 9.17) is 10.7 Å². The van der Waals surface area contributed by atoms with Gasteiger partial charge in [-0.05, 0) is 74.1 Å². The molecule has 4 atom stereocenters.